The zero-order valence-corrected chi connectivity index (χ0v) is 18.4. The molecule has 0 spiro atoms. The SMILES string of the molecule is CCN1c2cc(OC)c(OC)cc2C(C)=C(C(=O)Nc2ccccc2C(N)=O)S1(=O)=O. The fraction of sp³-hybridized carbons (Fsp3) is 0.238. The summed E-state index contributed by atoms with van der Waals surface area (Å²) in [5.41, 5.74) is 6.70. The van der Waals surface area contributed by atoms with Gasteiger partial charge in [-0.2, -0.15) is 0 Å². The van der Waals surface area contributed by atoms with E-state index in [0.717, 1.165) is 4.31 Å². The van der Waals surface area contributed by atoms with Crippen LogP contribution in [-0.2, 0) is 14.8 Å². The van der Waals surface area contributed by atoms with E-state index in [9.17, 15) is 18.0 Å². The van der Waals surface area contributed by atoms with Crippen LogP contribution >= 0.6 is 0 Å². The summed E-state index contributed by atoms with van der Waals surface area (Å²) in [5, 5.41) is 2.51. The number of methoxy groups -OCH3 is 2. The Labute approximate surface area is 180 Å². The molecule has 0 saturated carbocycles. The molecule has 0 aliphatic carbocycles. The Morgan fingerprint density at radius 2 is 1.71 bits per heavy atom. The van der Waals surface area contributed by atoms with Crippen molar-refractivity contribution in [1.29, 1.82) is 0 Å². The minimum atomic E-state index is -4.19. The number of anilines is 2. The summed E-state index contributed by atoms with van der Waals surface area (Å²) in [6.07, 6.45) is 0. The Bertz CT molecular complexity index is 1200. The summed E-state index contributed by atoms with van der Waals surface area (Å²) < 4.78 is 38.5. The van der Waals surface area contributed by atoms with E-state index in [2.05, 4.69) is 5.32 Å². The molecule has 1 aliphatic rings. The highest BCUT2D eigenvalue weighted by Gasteiger charge is 2.39. The van der Waals surface area contributed by atoms with Gasteiger partial charge in [0.1, 0.15) is 0 Å². The second-order valence-corrected chi connectivity index (χ2v) is 8.51. The van der Waals surface area contributed by atoms with Gasteiger partial charge in [-0.3, -0.25) is 13.9 Å². The summed E-state index contributed by atoms with van der Waals surface area (Å²) in [7, 11) is -1.26. The van der Waals surface area contributed by atoms with E-state index in [0.29, 0.717) is 22.7 Å². The third kappa shape index (κ3) is 3.70. The lowest BCUT2D eigenvalue weighted by Gasteiger charge is -2.32. The number of sulfonamides is 1. The fourth-order valence-corrected chi connectivity index (χ4v) is 5.30. The van der Waals surface area contributed by atoms with Gasteiger partial charge in [-0.1, -0.05) is 12.1 Å². The van der Waals surface area contributed by atoms with Crippen LogP contribution in [-0.4, -0.2) is 41.0 Å². The number of allylic oxidation sites excluding steroid dienone is 1. The van der Waals surface area contributed by atoms with Crippen molar-refractivity contribution in [2.45, 2.75) is 13.8 Å². The number of nitrogens with zero attached hydrogens (tertiary/aromatic N) is 1. The summed E-state index contributed by atoms with van der Waals surface area (Å²) in [5.74, 6) is -0.851. The molecular weight excluding hydrogens is 422 g/mol. The normalized spacial score (nSPS) is 14.6. The van der Waals surface area contributed by atoms with Gasteiger partial charge in [0.25, 0.3) is 21.8 Å². The lowest BCUT2D eigenvalue weighted by Crippen LogP contribution is -2.39. The lowest BCUT2D eigenvalue weighted by molar-refractivity contribution is -0.112. The van der Waals surface area contributed by atoms with Crippen LogP contribution in [0.1, 0.15) is 29.8 Å². The minimum Gasteiger partial charge on any atom is -0.493 e. The maximum Gasteiger partial charge on any atom is 0.270 e. The number of carbonyl (C=O) groups excluding carboxylic acids is 2. The molecule has 0 unspecified atom stereocenters. The smallest absolute Gasteiger partial charge is 0.270 e. The van der Waals surface area contributed by atoms with Crippen LogP contribution in [0.15, 0.2) is 41.3 Å². The molecule has 1 heterocycles. The highest BCUT2D eigenvalue weighted by atomic mass is 32.2. The zero-order chi connectivity index (χ0) is 22.9. The molecule has 0 radical (unpaired) electrons. The Morgan fingerprint density at radius 3 is 2.29 bits per heavy atom. The van der Waals surface area contributed by atoms with Crippen LogP contribution in [0.4, 0.5) is 11.4 Å². The Hall–Kier alpha value is -3.53. The van der Waals surface area contributed by atoms with Crippen LogP contribution in [0.25, 0.3) is 5.57 Å². The van der Waals surface area contributed by atoms with Gasteiger partial charge < -0.3 is 20.5 Å². The summed E-state index contributed by atoms with van der Waals surface area (Å²) in [6, 6.07) is 9.30. The molecule has 2 aromatic carbocycles. The molecule has 3 N–H and O–H groups in total. The predicted octanol–water partition coefficient (Wildman–Crippen LogP) is 2.34. The topological polar surface area (TPSA) is 128 Å². The van der Waals surface area contributed by atoms with Gasteiger partial charge in [-0.15, -0.1) is 0 Å². The van der Waals surface area contributed by atoms with Crippen LogP contribution in [0.5, 0.6) is 11.5 Å². The summed E-state index contributed by atoms with van der Waals surface area (Å²) in [4.78, 5) is 24.4. The second kappa shape index (κ2) is 8.31. The molecule has 0 aromatic heterocycles. The first-order valence-corrected chi connectivity index (χ1v) is 10.8. The number of fused-ring (bicyclic) bond motifs is 1. The van der Waals surface area contributed by atoms with Crippen LogP contribution in [0, 0.1) is 0 Å². The van der Waals surface area contributed by atoms with Gasteiger partial charge in [-0.25, -0.2) is 8.42 Å². The Kier molecular flexibility index (Phi) is 5.94. The molecule has 1 aliphatic heterocycles. The molecule has 0 atom stereocenters. The van der Waals surface area contributed by atoms with Crippen molar-refractivity contribution in [3.05, 3.63) is 52.4 Å². The average molecular weight is 445 g/mol. The molecule has 0 bridgehead atoms. The number of carbonyl (C=O) groups is 2. The first-order valence-electron chi connectivity index (χ1n) is 9.37. The summed E-state index contributed by atoms with van der Waals surface area (Å²) >= 11 is 0. The standard InChI is InChI=1S/C21H23N3O6S/c1-5-24-16-11-18(30-4)17(29-3)10-14(16)12(2)19(31(24,27)28)21(26)23-15-9-7-6-8-13(15)20(22)25/h6-11H,5H2,1-4H3,(H2,22,25)(H,23,26). The van der Waals surface area contributed by atoms with Gasteiger partial charge in [0.2, 0.25) is 0 Å². The third-order valence-electron chi connectivity index (χ3n) is 5.00. The van der Waals surface area contributed by atoms with Crippen LogP contribution in [0.3, 0.4) is 0 Å². The minimum absolute atomic E-state index is 0.0708. The van der Waals surface area contributed by atoms with Crippen molar-refractivity contribution >= 4 is 38.8 Å². The number of ether oxygens (including phenoxy) is 2. The Balaban J connectivity index is 2.20. The van der Waals surface area contributed by atoms with Gasteiger partial charge in [0, 0.05) is 18.2 Å². The van der Waals surface area contributed by atoms with E-state index in [1.165, 1.54) is 26.4 Å². The van der Waals surface area contributed by atoms with Crippen molar-refractivity contribution in [3.63, 3.8) is 0 Å². The molecule has 2 aromatic rings. The summed E-state index contributed by atoms with van der Waals surface area (Å²) in [6.45, 7) is 3.30. The molecule has 164 valence electrons. The van der Waals surface area contributed by atoms with E-state index in [1.54, 1.807) is 38.1 Å². The van der Waals surface area contributed by atoms with Crippen molar-refractivity contribution in [2.75, 3.05) is 30.4 Å². The largest absolute Gasteiger partial charge is 0.493 e. The fourth-order valence-electron chi connectivity index (χ4n) is 3.54. The maximum atomic E-state index is 13.4. The second-order valence-electron chi connectivity index (χ2n) is 6.71. The van der Waals surface area contributed by atoms with E-state index in [4.69, 9.17) is 15.2 Å². The first-order chi connectivity index (χ1) is 14.7. The predicted molar refractivity (Wildman–Crippen MR) is 118 cm³/mol. The van der Waals surface area contributed by atoms with Crippen LogP contribution in [0.2, 0.25) is 0 Å². The van der Waals surface area contributed by atoms with Crippen LogP contribution < -0.4 is 24.8 Å². The Morgan fingerprint density at radius 1 is 1.10 bits per heavy atom. The van der Waals surface area contributed by atoms with Gasteiger partial charge in [-0.05, 0) is 37.6 Å². The van der Waals surface area contributed by atoms with E-state index < -0.39 is 26.7 Å². The number of benzene rings is 2. The number of rotatable bonds is 6. The lowest BCUT2D eigenvalue weighted by atomic mass is 10.0. The van der Waals surface area contributed by atoms with Crippen molar-refractivity contribution in [2.24, 2.45) is 5.73 Å². The van der Waals surface area contributed by atoms with Crippen molar-refractivity contribution < 1.29 is 27.5 Å². The van der Waals surface area contributed by atoms with Gasteiger partial charge in [0.05, 0.1) is 31.2 Å². The van der Waals surface area contributed by atoms with Crippen molar-refractivity contribution in [1.82, 2.24) is 0 Å². The molecular formula is C21H23N3O6S. The van der Waals surface area contributed by atoms with E-state index in [1.807, 2.05) is 0 Å². The van der Waals surface area contributed by atoms with Crippen molar-refractivity contribution in [3.8, 4) is 11.5 Å². The molecule has 31 heavy (non-hydrogen) atoms. The number of nitrogens with two attached hydrogens (primary N) is 1. The number of hydrogen-bond acceptors (Lipinski definition) is 6. The number of amides is 2. The first kappa shape index (κ1) is 22.2. The number of primary amides is 1. The molecule has 0 fully saturated rings. The van der Waals surface area contributed by atoms with Gasteiger partial charge >= 0.3 is 0 Å². The quantitative estimate of drug-likeness (QED) is 0.702. The highest BCUT2D eigenvalue weighted by Crippen LogP contribution is 2.45. The van der Waals surface area contributed by atoms with Gasteiger partial charge in [0.15, 0.2) is 16.4 Å². The molecule has 10 heteroatoms. The molecule has 9 nitrogen and oxygen atoms in total. The maximum absolute atomic E-state index is 13.4. The van der Waals surface area contributed by atoms with E-state index in [-0.39, 0.29) is 23.4 Å². The number of para-hydroxylation sites is 1. The number of hydrogen-bond donors (Lipinski definition) is 2. The van der Waals surface area contributed by atoms with E-state index >= 15 is 0 Å². The average Bonchev–Trinajstić information content (AvgIpc) is 2.72. The zero-order valence-electron chi connectivity index (χ0n) is 17.6. The third-order valence-corrected chi connectivity index (χ3v) is 7.04. The monoisotopic (exact) mass is 445 g/mol. The molecule has 0 saturated heterocycles. The number of nitrogens with one attached hydrogen (secondary N) is 1. The highest BCUT2D eigenvalue weighted by molar-refractivity contribution is 7.97. The molecule has 3 rings (SSSR count). The molecule has 2 amide bonds.